The largest absolute Gasteiger partial charge is 0.382 e. The van der Waals surface area contributed by atoms with E-state index in [1.165, 1.54) is 0 Å². The topological polar surface area (TPSA) is 104 Å². The molecule has 3 aromatic heterocycles. The summed E-state index contributed by atoms with van der Waals surface area (Å²) in [5, 5.41) is 3.80. The number of hydrogen-bond donors (Lipinski definition) is 3. The number of rotatable bonds is 2. The monoisotopic (exact) mass is 467 g/mol. The van der Waals surface area contributed by atoms with Crippen molar-refractivity contribution in [3.63, 3.8) is 0 Å². The lowest BCUT2D eigenvalue weighted by Gasteiger charge is -2.31. The van der Waals surface area contributed by atoms with Crippen molar-refractivity contribution in [2.24, 2.45) is 0 Å². The summed E-state index contributed by atoms with van der Waals surface area (Å²) in [6.07, 6.45) is 5.33. The molecular weight excluding hydrogens is 446 g/mol. The Morgan fingerprint density at radius 3 is 2.87 bits per heavy atom. The third-order valence-corrected chi connectivity index (χ3v) is 6.49. The number of urea groups is 1. The van der Waals surface area contributed by atoms with Crippen LogP contribution in [0, 0.1) is 0 Å². The number of anilines is 1. The molecule has 1 fully saturated rings. The number of H-pyrrole nitrogens is 1. The second kappa shape index (κ2) is 7.32. The zero-order valence-corrected chi connectivity index (χ0v) is 18.1. The van der Waals surface area contributed by atoms with Gasteiger partial charge in [0.2, 0.25) is 0 Å². The highest BCUT2D eigenvalue weighted by Gasteiger charge is 2.28. The predicted molar refractivity (Wildman–Crippen MR) is 120 cm³/mol. The first-order chi connectivity index (χ1) is 14.6. The van der Waals surface area contributed by atoms with Gasteiger partial charge in [0.05, 0.1) is 11.2 Å². The van der Waals surface area contributed by atoms with Crippen molar-refractivity contribution >= 4 is 44.2 Å². The molecule has 1 aromatic carbocycles. The van der Waals surface area contributed by atoms with E-state index in [0.717, 1.165) is 50.9 Å². The number of para-hydroxylation sites is 1. The predicted octanol–water partition coefficient (Wildman–Crippen LogP) is 3.74. The number of aromatic nitrogens is 4. The number of carbonyl (C=O) groups excluding carboxylic acids is 1. The van der Waals surface area contributed by atoms with Crippen molar-refractivity contribution in [2.45, 2.75) is 18.8 Å². The lowest BCUT2D eigenvalue weighted by Crippen LogP contribution is -2.42. The molecule has 0 atom stereocenters. The Balaban J connectivity index is 1.59. The van der Waals surface area contributed by atoms with E-state index in [9.17, 15) is 4.79 Å². The van der Waals surface area contributed by atoms with Crippen molar-refractivity contribution in [2.75, 3.05) is 25.9 Å². The van der Waals surface area contributed by atoms with E-state index in [0.29, 0.717) is 18.9 Å². The molecule has 5 rings (SSSR count). The number of benzene rings is 1. The molecule has 0 saturated carbocycles. The molecule has 2 amide bonds. The number of imidazole rings is 1. The molecule has 1 saturated heterocycles. The highest BCUT2D eigenvalue weighted by molar-refractivity contribution is 9.10. The van der Waals surface area contributed by atoms with Crippen LogP contribution in [0.15, 0.2) is 41.1 Å². The fraction of sp³-hybridized carbons (Fsp3) is 0.286. The van der Waals surface area contributed by atoms with Crippen molar-refractivity contribution in [3.8, 4) is 11.4 Å². The number of amides is 2. The van der Waals surface area contributed by atoms with E-state index in [2.05, 4.69) is 47.7 Å². The summed E-state index contributed by atoms with van der Waals surface area (Å²) in [7, 11) is 1.66. The molecule has 8 nitrogen and oxygen atoms in total. The quantitative estimate of drug-likeness (QED) is 0.417. The number of halogens is 1. The second-order valence-electron chi connectivity index (χ2n) is 7.55. The first-order valence-corrected chi connectivity index (χ1v) is 10.7. The summed E-state index contributed by atoms with van der Waals surface area (Å²) in [6, 6.07) is 8.15. The molecule has 4 aromatic rings. The Bertz CT molecular complexity index is 1250. The Kier molecular flexibility index (Phi) is 4.62. The number of fused-ring (bicyclic) bond motifs is 2. The number of aromatic amines is 1. The highest BCUT2D eigenvalue weighted by Crippen LogP contribution is 2.36. The Morgan fingerprint density at radius 1 is 1.33 bits per heavy atom. The zero-order chi connectivity index (χ0) is 20.8. The van der Waals surface area contributed by atoms with Gasteiger partial charge in [-0.25, -0.2) is 14.8 Å². The Hall–Kier alpha value is -3.07. The van der Waals surface area contributed by atoms with E-state index < -0.39 is 0 Å². The maximum Gasteiger partial charge on any atom is 0.317 e. The van der Waals surface area contributed by atoms with E-state index in [1.54, 1.807) is 13.2 Å². The molecule has 0 unspecified atom stereocenters. The summed E-state index contributed by atoms with van der Waals surface area (Å²) in [6.45, 7) is 1.41. The maximum atomic E-state index is 11.9. The summed E-state index contributed by atoms with van der Waals surface area (Å²) in [4.78, 5) is 26.6. The summed E-state index contributed by atoms with van der Waals surface area (Å²) in [5.41, 5.74) is 9.82. The lowest BCUT2D eigenvalue weighted by atomic mass is 9.96. The second-order valence-corrected chi connectivity index (χ2v) is 8.41. The molecule has 9 heteroatoms. The van der Waals surface area contributed by atoms with Gasteiger partial charge in [-0.3, -0.25) is 4.40 Å². The molecule has 0 radical (unpaired) electrons. The van der Waals surface area contributed by atoms with Gasteiger partial charge in [0.25, 0.3) is 0 Å². The van der Waals surface area contributed by atoms with Gasteiger partial charge < -0.3 is 20.9 Å². The minimum absolute atomic E-state index is 0.0285. The first-order valence-electron chi connectivity index (χ1n) is 9.93. The van der Waals surface area contributed by atoms with E-state index >= 15 is 0 Å². The number of hydrogen-bond acceptors (Lipinski definition) is 4. The summed E-state index contributed by atoms with van der Waals surface area (Å²) >= 11 is 3.61. The van der Waals surface area contributed by atoms with Gasteiger partial charge in [0, 0.05) is 48.3 Å². The van der Waals surface area contributed by atoms with Crippen molar-refractivity contribution < 1.29 is 4.79 Å². The fourth-order valence-corrected chi connectivity index (χ4v) is 4.79. The van der Waals surface area contributed by atoms with Crippen molar-refractivity contribution in [3.05, 3.63) is 47.0 Å². The summed E-state index contributed by atoms with van der Waals surface area (Å²) in [5.74, 6) is 1.65. The van der Waals surface area contributed by atoms with Crippen LogP contribution in [0.25, 0.3) is 27.8 Å². The van der Waals surface area contributed by atoms with Crippen molar-refractivity contribution in [1.82, 2.24) is 29.6 Å². The SMILES string of the molecule is CNC(=O)N1CCC(c2nc(-c3cc4cccc(Br)c4[nH]3)c3c(N)nccn23)CC1. The van der Waals surface area contributed by atoms with Gasteiger partial charge in [0.1, 0.15) is 22.9 Å². The first kappa shape index (κ1) is 18.9. The van der Waals surface area contributed by atoms with Crippen LogP contribution in [0.4, 0.5) is 10.6 Å². The number of nitrogens with zero attached hydrogens (tertiary/aromatic N) is 4. The number of carbonyl (C=O) groups is 1. The maximum absolute atomic E-state index is 11.9. The van der Waals surface area contributed by atoms with Gasteiger partial charge in [-0.05, 0) is 40.9 Å². The Morgan fingerprint density at radius 2 is 2.13 bits per heavy atom. The van der Waals surface area contributed by atoms with Crippen LogP contribution in [-0.4, -0.2) is 50.4 Å². The van der Waals surface area contributed by atoms with E-state index in [-0.39, 0.29) is 11.9 Å². The molecule has 1 aliphatic rings. The van der Waals surface area contributed by atoms with Gasteiger partial charge in [0.15, 0.2) is 0 Å². The number of nitrogens with two attached hydrogens (primary N) is 1. The molecule has 4 heterocycles. The average molecular weight is 468 g/mol. The third kappa shape index (κ3) is 3.00. The molecular formula is C21H22BrN7O. The molecule has 30 heavy (non-hydrogen) atoms. The van der Waals surface area contributed by atoms with Crippen LogP contribution >= 0.6 is 15.9 Å². The number of nitrogen functional groups attached to an aromatic ring is 1. The summed E-state index contributed by atoms with van der Waals surface area (Å²) < 4.78 is 3.06. The van der Waals surface area contributed by atoms with Crippen molar-refractivity contribution in [1.29, 1.82) is 0 Å². The van der Waals surface area contributed by atoms with Crippen LogP contribution < -0.4 is 11.1 Å². The van der Waals surface area contributed by atoms with Crippen LogP contribution in [-0.2, 0) is 0 Å². The van der Waals surface area contributed by atoms with Gasteiger partial charge in [-0.1, -0.05) is 12.1 Å². The molecule has 0 bridgehead atoms. The highest BCUT2D eigenvalue weighted by atomic mass is 79.9. The number of nitrogens with one attached hydrogen (secondary N) is 2. The van der Waals surface area contributed by atoms with Crippen LogP contribution in [0.2, 0.25) is 0 Å². The van der Waals surface area contributed by atoms with Crippen LogP contribution in [0.5, 0.6) is 0 Å². The Labute approximate surface area is 181 Å². The zero-order valence-electron chi connectivity index (χ0n) is 16.5. The minimum Gasteiger partial charge on any atom is -0.382 e. The smallest absolute Gasteiger partial charge is 0.317 e. The molecule has 1 aliphatic heterocycles. The van der Waals surface area contributed by atoms with E-state index in [1.807, 2.05) is 23.2 Å². The number of likely N-dealkylation sites (tertiary alicyclic amines) is 1. The average Bonchev–Trinajstić information content (AvgIpc) is 3.37. The molecule has 154 valence electrons. The number of piperidine rings is 1. The molecule has 0 spiro atoms. The van der Waals surface area contributed by atoms with Gasteiger partial charge >= 0.3 is 6.03 Å². The lowest BCUT2D eigenvalue weighted by molar-refractivity contribution is 0.182. The standard InChI is InChI=1S/C21H22BrN7O/c1-24-21(30)28-8-5-12(6-9-28)20-27-17(18-19(23)25-7-10-29(18)20)15-11-13-3-2-4-14(22)16(13)26-15/h2-4,7,10-12,26H,5-6,8-9H2,1H3,(H2,23,25)(H,24,30). The molecule has 4 N–H and O–H groups in total. The normalized spacial score (nSPS) is 15.2. The van der Waals surface area contributed by atoms with Gasteiger partial charge in [-0.15, -0.1) is 0 Å². The minimum atomic E-state index is -0.0285. The van der Waals surface area contributed by atoms with E-state index in [4.69, 9.17) is 10.7 Å². The van der Waals surface area contributed by atoms with Crippen LogP contribution in [0.1, 0.15) is 24.6 Å². The van der Waals surface area contributed by atoms with Crippen LogP contribution in [0.3, 0.4) is 0 Å². The third-order valence-electron chi connectivity index (χ3n) is 5.83. The van der Waals surface area contributed by atoms with Gasteiger partial charge in [-0.2, -0.15) is 0 Å². The molecule has 0 aliphatic carbocycles. The fourth-order valence-electron chi connectivity index (χ4n) is 4.31.